The van der Waals surface area contributed by atoms with E-state index in [-0.39, 0.29) is 18.6 Å². The largest absolute Gasteiger partial charge is 0.484 e. The third kappa shape index (κ3) is 4.78. The van der Waals surface area contributed by atoms with Crippen molar-refractivity contribution in [1.82, 2.24) is 5.32 Å². The molecule has 0 saturated heterocycles. The lowest BCUT2D eigenvalue weighted by Gasteiger charge is -2.15. The SMILES string of the molecule is CCc1ccc([C@@H](C)NC(=O)COc2cccc(Cl)c2)cc1. The molecule has 2 aromatic carbocycles. The molecule has 116 valence electrons. The summed E-state index contributed by atoms with van der Waals surface area (Å²) >= 11 is 5.87. The van der Waals surface area contributed by atoms with Gasteiger partial charge >= 0.3 is 0 Å². The van der Waals surface area contributed by atoms with Gasteiger partial charge in [0.1, 0.15) is 5.75 Å². The third-order valence-corrected chi connectivity index (χ3v) is 3.67. The minimum Gasteiger partial charge on any atom is -0.484 e. The van der Waals surface area contributed by atoms with Crippen molar-refractivity contribution in [3.8, 4) is 5.75 Å². The number of carbonyl (C=O) groups excluding carboxylic acids is 1. The van der Waals surface area contributed by atoms with Gasteiger partial charge in [0, 0.05) is 5.02 Å². The lowest BCUT2D eigenvalue weighted by molar-refractivity contribution is -0.123. The van der Waals surface area contributed by atoms with E-state index in [2.05, 4.69) is 24.4 Å². The van der Waals surface area contributed by atoms with Crippen molar-refractivity contribution in [3.63, 3.8) is 0 Å². The van der Waals surface area contributed by atoms with Crippen LogP contribution in [0.5, 0.6) is 5.75 Å². The standard InChI is InChI=1S/C18H20ClNO2/c1-3-14-7-9-15(10-8-14)13(2)20-18(21)12-22-17-6-4-5-16(19)11-17/h4-11,13H,3,12H2,1-2H3,(H,20,21)/t13-/m1/s1. The number of halogens is 1. The van der Waals surface area contributed by atoms with Crippen molar-refractivity contribution in [1.29, 1.82) is 0 Å². The van der Waals surface area contributed by atoms with Gasteiger partial charge in [0.15, 0.2) is 6.61 Å². The van der Waals surface area contributed by atoms with Gasteiger partial charge in [-0.1, -0.05) is 48.9 Å². The Kier molecular flexibility index (Phi) is 5.84. The second-order valence-corrected chi connectivity index (χ2v) is 5.57. The molecule has 0 aliphatic heterocycles. The first-order valence-corrected chi connectivity index (χ1v) is 7.73. The molecule has 22 heavy (non-hydrogen) atoms. The van der Waals surface area contributed by atoms with Gasteiger partial charge in [-0.25, -0.2) is 0 Å². The van der Waals surface area contributed by atoms with Crippen molar-refractivity contribution in [2.24, 2.45) is 0 Å². The Morgan fingerprint density at radius 1 is 1.23 bits per heavy atom. The fourth-order valence-corrected chi connectivity index (χ4v) is 2.29. The van der Waals surface area contributed by atoms with Gasteiger partial charge in [-0.2, -0.15) is 0 Å². The maximum absolute atomic E-state index is 11.9. The quantitative estimate of drug-likeness (QED) is 0.868. The number of benzene rings is 2. The molecule has 1 amide bonds. The third-order valence-electron chi connectivity index (χ3n) is 3.43. The molecule has 0 radical (unpaired) electrons. The molecule has 0 saturated carbocycles. The van der Waals surface area contributed by atoms with Crippen molar-refractivity contribution in [2.75, 3.05) is 6.61 Å². The van der Waals surface area contributed by atoms with Crippen molar-refractivity contribution in [3.05, 3.63) is 64.7 Å². The maximum Gasteiger partial charge on any atom is 0.258 e. The van der Waals surface area contributed by atoms with Crippen molar-refractivity contribution < 1.29 is 9.53 Å². The van der Waals surface area contributed by atoms with Gasteiger partial charge in [-0.3, -0.25) is 4.79 Å². The number of ether oxygens (including phenoxy) is 1. The highest BCUT2D eigenvalue weighted by atomic mass is 35.5. The molecule has 1 N–H and O–H groups in total. The molecule has 0 spiro atoms. The number of amides is 1. The van der Waals surface area contributed by atoms with Crippen LogP contribution >= 0.6 is 11.6 Å². The average Bonchev–Trinajstić information content (AvgIpc) is 2.53. The van der Waals surface area contributed by atoms with Gasteiger partial charge in [0.25, 0.3) is 5.91 Å². The van der Waals surface area contributed by atoms with E-state index < -0.39 is 0 Å². The number of rotatable bonds is 6. The number of aryl methyl sites for hydroxylation is 1. The zero-order chi connectivity index (χ0) is 15.9. The predicted octanol–water partition coefficient (Wildman–Crippen LogP) is 4.16. The molecule has 0 fully saturated rings. The fraction of sp³-hybridized carbons (Fsp3) is 0.278. The van der Waals surface area contributed by atoms with Crippen molar-refractivity contribution >= 4 is 17.5 Å². The summed E-state index contributed by atoms with van der Waals surface area (Å²) < 4.78 is 5.43. The van der Waals surface area contributed by atoms with Crippen LogP contribution < -0.4 is 10.1 Å². The van der Waals surface area contributed by atoms with Gasteiger partial charge in [0.05, 0.1) is 6.04 Å². The first-order valence-electron chi connectivity index (χ1n) is 7.35. The Hall–Kier alpha value is -2.00. The average molecular weight is 318 g/mol. The van der Waals surface area contributed by atoms with Crippen LogP contribution in [0.4, 0.5) is 0 Å². The molecule has 0 unspecified atom stereocenters. The van der Waals surface area contributed by atoms with Crippen LogP contribution in [0.2, 0.25) is 5.02 Å². The topological polar surface area (TPSA) is 38.3 Å². The van der Waals surface area contributed by atoms with E-state index in [4.69, 9.17) is 16.3 Å². The Bertz CT molecular complexity index is 625. The number of hydrogen-bond donors (Lipinski definition) is 1. The van der Waals surface area contributed by atoms with Gasteiger partial charge in [-0.05, 0) is 42.7 Å². The second kappa shape index (κ2) is 7.85. The second-order valence-electron chi connectivity index (χ2n) is 5.13. The highest BCUT2D eigenvalue weighted by molar-refractivity contribution is 6.30. The normalized spacial score (nSPS) is 11.8. The summed E-state index contributed by atoms with van der Waals surface area (Å²) in [6.45, 7) is 4.04. The lowest BCUT2D eigenvalue weighted by atomic mass is 10.1. The van der Waals surface area contributed by atoms with Crippen LogP contribution in [-0.2, 0) is 11.2 Å². The summed E-state index contributed by atoms with van der Waals surface area (Å²) in [7, 11) is 0. The Balaban J connectivity index is 1.85. The number of carbonyl (C=O) groups is 1. The Labute approximate surface area is 136 Å². The monoisotopic (exact) mass is 317 g/mol. The first kappa shape index (κ1) is 16.4. The van der Waals surface area contributed by atoms with Gasteiger partial charge in [-0.15, -0.1) is 0 Å². The molecule has 2 rings (SSSR count). The summed E-state index contributed by atoms with van der Waals surface area (Å²) in [6.07, 6.45) is 1.01. The molecule has 0 aliphatic carbocycles. The zero-order valence-corrected chi connectivity index (χ0v) is 13.6. The van der Waals surface area contributed by atoms with Crippen LogP contribution in [0.3, 0.4) is 0 Å². The van der Waals surface area contributed by atoms with Crippen molar-refractivity contribution in [2.45, 2.75) is 26.3 Å². The molecule has 0 aromatic heterocycles. The van der Waals surface area contributed by atoms with E-state index in [0.717, 1.165) is 12.0 Å². The van der Waals surface area contributed by atoms with E-state index >= 15 is 0 Å². The van der Waals surface area contributed by atoms with Crippen LogP contribution in [0, 0.1) is 0 Å². The highest BCUT2D eigenvalue weighted by Gasteiger charge is 2.10. The molecule has 1 atom stereocenters. The number of hydrogen-bond acceptors (Lipinski definition) is 2. The number of nitrogens with one attached hydrogen (secondary N) is 1. The lowest BCUT2D eigenvalue weighted by Crippen LogP contribution is -2.31. The summed E-state index contributed by atoms with van der Waals surface area (Å²) in [5.41, 5.74) is 2.36. The molecular formula is C18H20ClNO2. The summed E-state index contributed by atoms with van der Waals surface area (Å²) in [6, 6.07) is 15.2. The predicted molar refractivity (Wildman–Crippen MR) is 89.3 cm³/mol. The van der Waals surface area contributed by atoms with Crippen LogP contribution in [0.25, 0.3) is 0 Å². The summed E-state index contributed by atoms with van der Waals surface area (Å²) in [5, 5.41) is 3.51. The van der Waals surface area contributed by atoms with E-state index in [1.807, 2.05) is 19.1 Å². The zero-order valence-electron chi connectivity index (χ0n) is 12.8. The maximum atomic E-state index is 11.9. The van der Waals surface area contributed by atoms with Crippen LogP contribution in [0.15, 0.2) is 48.5 Å². The molecule has 3 nitrogen and oxygen atoms in total. The van der Waals surface area contributed by atoms with E-state index in [9.17, 15) is 4.79 Å². The smallest absolute Gasteiger partial charge is 0.258 e. The van der Waals surface area contributed by atoms with E-state index in [0.29, 0.717) is 10.8 Å². The van der Waals surface area contributed by atoms with Gasteiger partial charge in [0.2, 0.25) is 0 Å². The van der Waals surface area contributed by atoms with Gasteiger partial charge < -0.3 is 10.1 Å². The fourth-order valence-electron chi connectivity index (χ4n) is 2.11. The van der Waals surface area contributed by atoms with E-state index in [1.54, 1.807) is 24.3 Å². The first-order chi connectivity index (χ1) is 10.6. The van der Waals surface area contributed by atoms with E-state index in [1.165, 1.54) is 5.56 Å². The summed E-state index contributed by atoms with van der Waals surface area (Å²) in [4.78, 5) is 11.9. The van der Waals surface area contributed by atoms with Crippen LogP contribution in [-0.4, -0.2) is 12.5 Å². The van der Waals surface area contributed by atoms with Crippen LogP contribution in [0.1, 0.15) is 31.0 Å². The molecular weight excluding hydrogens is 298 g/mol. The molecule has 4 heteroatoms. The minimum absolute atomic E-state index is 0.0300. The minimum atomic E-state index is -0.160. The summed E-state index contributed by atoms with van der Waals surface area (Å²) in [5.74, 6) is 0.426. The Morgan fingerprint density at radius 3 is 2.59 bits per heavy atom. The molecule has 0 aliphatic rings. The Morgan fingerprint density at radius 2 is 1.95 bits per heavy atom. The highest BCUT2D eigenvalue weighted by Crippen LogP contribution is 2.17. The molecule has 0 heterocycles. The molecule has 0 bridgehead atoms. The molecule has 2 aromatic rings.